The van der Waals surface area contributed by atoms with Gasteiger partial charge in [-0.05, 0) is 12.5 Å². The maximum atomic E-state index is 12.2. The van der Waals surface area contributed by atoms with E-state index >= 15 is 0 Å². The first-order valence-electron chi connectivity index (χ1n) is 8.54. The summed E-state index contributed by atoms with van der Waals surface area (Å²) in [4.78, 5) is 16.7. The number of aliphatic hydroxyl groups is 1. The molecule has 9 nitrogen and oxygen atoms in total. The van der Waals surface area contributed by atoms with Crippen LogP contribution in [0.3, 0.4) is 0 Å². The number of hydrogen-bond donors (Lipinski definition) is 3. The number of aryl methyl sites for hydroxylation is 1. The van der Waals surface area contributed by atoms with Crippen molar-refractivity contribution in [1.82, 2.24) is 14.8 Å². The maximum Gasteiger partial charge on any atom is 0.229 e. The summed E-state index contributed by atoms with van der Waals surface area (Å²) in [5.74, 6) is 0.733. The third-order valence-corrected chi connectivity index (χ3v) is 4.52. The van der Waals surface area contributed by atoms with Crippen molar-refractivity contribution in [3.05, 3.63) is 41.9 Å². The Hall–Kier alpha value is -3.07. The molecule has 144 valence electrons. The van der Waals surface area contributed by atoms with E-state index in [0.717, 1.165) is 0 Å². The van der Waals surface area contributed by atoms with Crippen molar-refractivity contribution in [2.45, 2.75) is 18.9 Å². The van der Waals surface area contributed by atoms with Crippen LogP contribution in [0, 0.1) is 5.92 Å². The number of benzene rings is 1. The molecule has 4 N–H and O–H groups in total. The van der Waals surface area contributed by atoms with E-state index < -0.39 is 17.9 Å². The molecule has 0 bridgehead atoms. The summed E-state index contributed by atoms with van der Waals surface area (Å²) in [6.45, 7) is 4.00. The normalized spacial score (nSPS) is 18.6. The molecule has 1 amide bonds. The zero-order valence-electron chi connectivity index (χ0n) is 15.3. The number of amides is 1. The van der Waals surface area contributed by atoms with Crippen LogP contribution in [0.15, 0.2) is 30.5 Å². The Bertz CT molecular complexity index is 863. The van der Waals surface area contributed by atoms with Gasteiger partial charge in [-0.25, -0.2) is 4.68 Å². The Balaban J connectivity index is 2.18. The number of para-hydroxylation sites is 1. The third-order valence-electron chi connectivity index (χ3n) is 4.52. The first-order valence-corrected chi connectivity index (χ1v) is 8.54. The number of nitrogens with one attached hydrogen (secondary N) is 1. The number of carbonyl (C=O) groups excluding carboxylic acids is 1. The van der Waals surface area contributed by atoms with Crippen molar-refractivity contribution in [3.8, 4) is 11.5 Å². The highest BCUT2D eigenvalue weighted by molar-refractivity contribution is 5.82. The van der Waals surface area contributed by atoms with Gasteiger partial charge in [0.15, 0.2) is 17.3 Å². The van der Waals surface area contributed by atoms with Crippen molar-refractivity contribution < 1.29 is 19.4 Å². The molecule has 0 unspecified atom stereocenters. The van der Waals surface area contributed by atoms with Crippen molar-refractivity contribution in [3.63, 3.8) is 0 Å². The fourth-order valence-electron chi connectivity index (χ4n) is 3.33. The van der Waals surface area contributed by atoms with Crippen LogP contribution >= 0.6 is 0 Å². The Kier molecular flexibility index (Phi) is 5.31. The molecule has 0 saturated heterocycles. The van der Waals surface area contributed by atoms with Crippen molar-refractivity contribution in [1.29, 1.82) is 0 Å². The highest BCUT2D eigenvalue weighted by Crippen LogP contribution is 2.43. The average Bonchev–Trinajstić information content (AvgIpc) is 3.06. The number of aromatic nitrogens is 3. The van der Waals surface area contributed by atoms with E-state index in [9.17, 15) is 4.79 Å². The van der Waals surface area contributed by atoms with E-state index in [1.807, 2.05) is 12.1 Å². The molecule has 0 aliphatic carbocycles. The topological polar surface area (TPSA) is 125 Å². The number of aliphatic hydroxyl groups excluding tert-OH is 1. The highest BCUT2D eigenvalue weighted by atomic mass is 16.5. The number of ether oxygens (including phenoxy) is 2. The first kappa shape index (κ1) is 18.7. The van der Waals surface area contributed by atoms with Gasteiger partial charge in [-0.3, -0.25) is 4.79 Å². The SMILES string of the molecule is C=C1Nc2nc(CCCO)nn2[C@@H](c2cccc(OC)c2OC)[C@@H]1C(N)=O. The number of nitrogens with zero attached hydrogens (tertiary/aromatic N) is 3. The zero-order valence-corrected chi connectivity index (χ0v) is 15.3. The quantitative estimate of drug-likeness (QED) is 0.657. The molecule has 1 aliphatic rings. The van der Waals surface area contributed by atoms with Gasteiger partial charge in [0.1, 0.15) is 12.0 Å². The zero-order chi connectivity index (χ0) is 19.6. The molecule has 0 fully saturated rings. The van der Waals surface area contributed by atoms with Gasteiger partial charge in [0, 0.05) is 24.3 Å². The van der Waals surface area contributed by atoms with Crippen LogP contribution in [0.2, 0.25) is 0 Å². The van der Waals surface area contributed by atoms with Crippen molar-refractivity contribution in [2.24, 2.45) is 11.7 Å². The van der Waals surface area contributed by atoms with Gasteiger partial charge in [0.25, 0.3) is 0 Å². The molecule has 1 aromatic carbocycles. The van der Waals surface area contributed by atoms with E-state index in [1.165, 1.54) is 7.11 Å². The van der Waals surface area contributed by atoms with Crippen LogP contribution in [-0.2, 0) is 11.2 Å². The lowest BCUT2D eigenvalue weighted by atomic mass is 9.88. The summed E-state index contributed by atoms with van der Waals surface area (Å²) in [7, 11) is 3.08. The summed E-state index contributed by atoms with van der Waals surface area (Å²) in [5.41, 5.74) is 6.80. The average molecular weight is 373 g/mol. The first-order chi connectivity index (χ1) is 13.0. The second-order valence-electron chi connectivity index (χ2n) is 6.18. The lowest BCUT2D eigenvalue weighted by Crippen LogP contribution is -2.40. The molecule has 0 spiro atoms. The van der Waals surface area contributed by atoms with Gasteiger partial charge < -0.3 is 25.6 Å². The maximum absolute atomic E-state index is 12.2. The number of nitrogens with two attached hydrogens (primary N) is 1. The van der Waals surface area contributed by atoms with Crippen molar-refractivity contribution in [2.75, 3.05) is 26.1 Å². The Morgan fingerprint density at radius 1 is 1.41 bits per heavy atom. The minimum atomic E-state index is -0.758. The third kappa shape index (κ3) is 3.33. The molecule has 1 aliphatic heterocycles. The van der Waals surface area contributed by atoms with Crippen LogP contribution in [0.25, 0.3) is 0 Å². The van der Waals surface area contributed by atoms with E-state index in [1.54, 1.807) is 17.9 Å². The molecule has 1 aromatic heterocycles. The molecule has 2 aromatic rings. The molecule has 0 saturated carbocycles. The summed E-state index contributed by atoms with van der Waals surface area (Å²) in [5, 5.41) is 16.6. The van der Waals surface area contributed by atoms with Gasteiger partial charge in [0.05, 0.1) is 14.2 Å². The fourth-order valence-corrected chi connectivity index (χ4v) is 3.33. The molecule has 0 radical (unpaired) electrons. The standard InChI is InChI=1S/C18H23N5O4/c1-10-14(17(19)25)15(11-6-4-7-12(26-2)16(11)27-3)23-18(20-10)21-13(22-23)8-5-9-24/h4,6-7,14-15,24H,1,5,8-9H2,2-3H3,(H2,19,25)(H,20,21,22)/t14-,15+/m1/s1. The fraction of sp³-hybridized carbons (Fsp3) is 0.389. The van der Waals surface area contributed by atoms with Gasteiger partial charge in [-0.2, -0.15) is 10.1 Å². The number of primary amides is 1. The predicted molar refractivity (Wildman–Crippen MR) is 98.6 cm³/mol. The second-order valence-corrected chi connectivity index (χ2v) is 6.18. The summed E-state index contributed by atoms with van der Waals surface area (Å²) in [6, 6.07) is 4.82. The van der Waals surface area contributed by atoms with Crippen LogP contribution < -0.4 is 20.5 Å². The van der Waals surface area contributed by atoms with E-state index in [-0.39, 0.29) is 6.61 Å². The lowest BCUT2D eigenvalue weighted by molar-refractivity contribution is -0.121. The number of carbonyl (C=O) groups is 1. The number of rotatable bonds is 7. The second kappa shape index (κ2) is 7.67. The highest BCUT2D eigenvalue weighted by Gasteiger charge is 2.40. The van der Waals surface area contributed by atoms with E-state index in [0.29, 0.717) is 47.4 Å². The number of fused-ring (bicyclic) bond motifs is 1. The van der Waals surface area contributed by atoms with Gasteiger partial charge in [0.2, 0.25) is 11.9 Å². The molecule has 3 rings (SSSR count). The van der Waals surface area contributed by atoms with E-state index in [4.69, 9.17) is 20.3 Å². The molecule has 2 heterocycles. The molecular weight excluding hydrogens is 350 g/mol. The van der Waals surface area contributed by atoms with Gasteiger partial charge >= 0.3 is 0 Å². The molecule has 9 heteroatoms. The van der Waals surface area contributed by atoms with Gasteiger partial charge in [-0.15, -0.1) is 0 Å². The van der Waals surface area contributed by atoms with Crippen LogP contribution in [0.4, 0.5) is 5.95 Å². The van der Waals surface area contributed by atoms with Crippen LogP contribution in [-0.4, -0.2) is 46.6 Å². The molecule has 27 heavy (non-hydrogen) atoms. The van der Waals surface area contributed by atoms with Gasteiger partial charge in [-0.1, -0.05) is 18.7 Å². The summed E-state index contributed by atoms with van der Waals surface area (Å²) in [6.07, 6.45) is 1.05. The number of anilines is 1. The minimum absolute atomic E-state index is 0.0427. The predicted octanol–water partition coefficient (Wildman–Crippen LogP) is 0.850. The summed E-state index contributed by atoms with van der Waals surface area (Å²) >= 11 is 0. The van der Waals surface area contributed by atoms with Crippen molar-refractivity contribution >= 4 is 11.9 Å². The smallest absolute Gasteiger partial charge is 0.229 e. The lowest BCUT2D eigenvalue weighted by Gasteiger charge is -2.33. The monoisotopic (exact) mass is 373 g/mol. The Morgan fingerprint density at radius 2 is 2.19 bits per heavy atom. The largest absolute Gasteiger partial charge is 0.493 e. The van der Waals surface area contributed by atoms with Crippen LogP contribution in [0.1, 0.15) is 23.9 Å². The van der Waals surface area contributed by atoms with Crippen LogP contribution in [0.5, 0.6) is 11.5 Å². The minimum Gasteiger partial charge on any atom is -0.493 e. The summed E-state index contributed by atoms with van der Waals surface area (Å²) < 4.78 is 12.6. The molecular formula is C18H23N5O4. The van der Waals surface area contributed by atoms with E-state index in [2.05, 4.69) is 22.0 Å². The Labute approximate surface area is 156 Å². The number of hydrogen-bond acceptors (Lipinski definition) is 7. The number of methoxy groups -OCH3 is 2. The Morgan fingerprint density at radius 3 is 2.81 bits per heavy atom. The molecule has 2 atom stereocenters.